The molecule has 0 heterocycles. The number of amides is 1. The molecule has 3 nitrogen and oxygen atoms in total. The zero-order valence-corrected chi connectivity index (χ0v) is 11.8. The van der Waals surface area contributed by atoms with E-state index in [1.165, 1.54) is 11.8 Å². The molecule has 0 aromatic heterocycles. The van der Waals surface area contributed by atoms with Crippen LogP contribution in [0.3, 0.4) is 0 Å². The number of nitrogen functional groups attached to an aromatic ring is 1. The van der Waals surface area contributed by atoms with Gasteiger partial charge in [0.2, 0.25) is 5.91 Å². The normalized spacial score (nSPS) is 10.3. The highest BCUT2D eigenvalue weighted by Crippen LogP contribution is 2.35. The first-order valence-corrected chi connectivity index (χ1v) is 6.80. The number of hydrogen-bond acceptors (Lipinski definition) is 3. The van der Waals surface area contributed by atoms with Crippen LogP contribution in [0.15, 0.2) is 56.7 Å². The van der Waals surface area contributed by atoms with Gasteiger partial charge in [-0.1, -0.05) is 23.9 Å². The first-order chi connectivity index (χ1) is 8.58. The van der Waals surface area contributed by atoms with Crippen LogP contribution in [0.4, 0.5) is 5.69 Å². The average molecular weight is 323 g/mol. The predicted molar refractivity (Wildman–Crippen MR) is 77.6 cm³/mol. The van der Waals surface area contributed by atoms with Gasteiger partial charge in [0, 0.05) is 20.0 Å². The molecule has 1 amide bonds. The Morgan fingerprint density at radius 1 is 1.11 bits per heavy atom. The first-order valence-electron chi connectivity index (χ1n) is 5.19. The number of carbonyl (C=O) groups is 1. The van der Waals surface area contributed by atoms with Crippen molar-refractivity contribution in [3.05, 3.63) is 52.5 Å². The Balaban J connectivity index is 2.41. The van der Waals surface area contributed by atoms with Crippen molar-refractivity contribution >= 4 is 39.3 Å². The fourth-order valence-corrected chi connectivity index (χ4v) is 2.96. The summed E-state index contributed by atoms with van der Waals surface area (Å²) in [5.74, 6) is -0.475. The molecule has 18 heavy (non-hydrogen) atoms. The van der Waals surface area contributed by atoms with E-state index >= 15 is 0 Å². The van der Waals surface area contributed by atoms with Crippen LogP contribution < -0.4 is 11.5 Å². The Hall–Kier alpha value is -1.46. The van der Waals surface area contributed by atoms with E-state index in [1.807, 2.05) is 24.3 Å². The molecular weight excluding hydrogens is 312 g/mol. The predicted octanol–water partition coefficient (Wildman–Crippen LogP) is 3.28. The van der Waals surface area contributed by atoms with Crippen molar-refractivity contribution in [1.82, 2.24) is 0 Å². The Labute approximate surface area is 118 Å². The van der Waals surface area contributed by atoms with Crippen LogP contribution in [0.5, 0.6) is 0 Å². The van der Waals surface area contributed by atoms with E-state index in [0.717, 1.165) is 14.3 Å². The third-order valence-corrected chi connectivity index (χ3v) is 4.43. The maximum Gasteiger partial charge on any atom is 0.249 e. The summed E-state index contributed by atoms with van der Waals surface area (Å²) in [6.45, 7) is 0. The molecule has 0 spiro atoms. The van der Waals surface area contributed by atoms with Crippen molar-refractivity contribution in [2.45, 2.75) is 9.79 Å². The van der Waals surface area contributed by atoms with E-state index in [4.69, 9.17) is 11.5 Å². The summed E-state index contributed by atoms with van der Waals surface area (Å²) in [6.07, 6.45) is 0. The highest BCUT2D eigenvalue weighted by molar-refractivity contribution is 9.10. The molecule has 0 saturated heterocycles. The lowest BCUT2D eigenvalue weighted by Crippen LogP contribution is -2.12. The molecule has 4 N–H and O–H groups in total. The number of anilines is 1. The molecule has 92 valence electrons. The highest BCUT2D eigenvalue weighted by atomic mass is 79.9. The van der Waals surface area contributed by atoms with Gasteiger partial charge in [-0.3, -0.25) is 4.79 Å². The van der Waals surface area contributed by atoms with Crippen LogP contribution in [-0.2, 0) is 0 Å². The summed E-state index contributed by atoms with van der Waals surface area (Å²) in [4.78, 5) is 13.2. The molecule has 0 radical (unpaired) electrons. The van der Waals surface area contributed by atoms with Crippen LogP contribution in [-0.4, -0.2) is 5.91 Å². The SMILES string of the molecule is NC(=O)c1cc(N)ccc1Sc1ccccc1Br. The molecule has 0 aliphatic rings. The fourth-order valence-electron chi connectivity index (χ4n) is 1.48. The number of benzene rings is 2. The van der Waals surface area contributed by atoms with E-state index in [1.54, 1.807) is 18.2 Å². The van der Waals surface area contributed by atoms with Crippen LogP contribution in [0, 0.1) is 0 Å². The van der Waals surface area contributed by atoms with Gasteiger partial charge in [0.15, 0.2) is 0 Å². The molecule has 0 aliphatic carbocycles. The van der Waals surface area contributed by atoms with E-state index in [2.05, 4.69) is 15.9 Å². The number of carbonyl (C=O) groups excluding carboxylic acids is 1. The van der Waals surface area contributed by atoms with Crippen molar-refractivity contribution in [2.24, 2.45) is 5.73 Å². The van der Waals surface area contributed by atoms with Gasteiger partial charge in [0.25, 0.3) is 0 Å². The molecule has 2 aromatic carbocycles. The summed E-state index contributed by atoms with van der Waals surface area (Å²) in [5.41, 5.74) is 12.0. The summed E-state index contributed by atoms with van der Waals surface area (Å²) in [7, 11) is 0. The lowest BCUT2D eigenvalue weighted by Gasteiger charge is -2.08. The third kappa shape index (κ3) is 2.86. The van der Waals surface area contributed by atoms with Crippen LogP contribution in [0.1, 0.15) is 10.4 Å². The van der Waals surface area contributed by atoms with E-state index < -0.39 is 5.91 Å². The van der Waals surface area contributed by atoms with Crippen LogP contribution in [0.25, 0.3) is 0 Å². The van der Waals surface area contributed by atoms with Crippen molar-refractivity contribution in [3.63, 3.8) is 0 Å². The van der Waals surface area contributed by atoms with Crippen molar-refractivity contribution in [2.75, 3.05) is 5.73 Å². The lowest BCUT2D eigenvalue weighted by atomic mass is 10.2. The molecule has 2 aromatic rings. The molecular formula is C13H11BrN2OS. The number of hydrogen-bond donors (Lipinski definition) is 2. The van der Waals surface area contributed by atoms with Gasteiger partial charge < -0.3 is 11.5 Å². The smallest absolute Gasteiger partial charge is 0.249 e. The minimum Gasteiger partial charge on any atom is -0.399 e. The summed E-state index contributed by atoms with van der Waals surface area (Å²) in [6, 6.07) is 13.0. The largest absolute Gasteiger partial charge is 0.399 e. The Morgan fingerprint density at radius 2 is 1.83 bits per heavy atom. The monoisotopic (exact) mass is 322 g/mol. The van der Waals surface area contributed by atoms with Crippen molar-refractivity contribution in [3.8, 4) is 0 Å². The van der Waals surface area contributed by atoms with Gasteiger partial charge in [-0.2, -0.15) is 0 Å². The minimum absolute atomic E-state index is 0.441. The highest BCUT2D eigenvalue weighted by Gasteiger charge is 2.11. The quantitative estimate of drug-likeness (QED) is 0.852. The second kappa shape index (κ2) is 5.46. The zero-order valence-electron chi connectivity index (χ0n) is 9.39. The molecule has 0 aliphatic heterocycles. The van der Waals surface area contributed by atoms with Crippen molar-refractivity contribution in [1.29, 1.82) is 0 Å². The molecule has 0 atom stereocenters. The lowest BCUT2D eigenvalue weighted by molar-refractivity contribution is 0.0997. The molecule has 0 unspecified atom stereocenters. The van der Waals surface area contributed by atoms with Gasteiger partial charge in [-0.05, 0) is 46.3 Å². The van der Waals surface area contributed by atoms with Gasteiger partial charge >= 0.3 is 0 Å². The van der Waals surface area contributed by atoms with Crippen LogP contribution in [0.2, 0.25) is 0 Å². The topological polar surface area (TPSA) is 69.1 Å². The fraction of sp³-hybridized carbons (Fsp3) is 0. The van der Waals surface area contributed by atoms with E-state index in [-0.39, 0.29) is 0 Å². The minimum atomic E-state index is -0.475. The zero-order chi connectivity index (χ0) is 13.1. The third-order valence-electron chi connectivity index (χ3n) is 2.33. The Morgan fingerprint density at radius 3 is 2.50 bits per heavy atom. The standard InChI is InChI=1S/C13H11BrN2OS/c14-10-3-1-2-4-12(10)18-11-6-5-8(15)7-9(11)13(16)17/h1-7H,15H2,(H2,16,17). The van der Waals surface area contributed by atoms with Gasteiger partial charge in [0.1, 0.15) is 0 Å². The number of halogens is 1. The number of rotatable bonds is 3. The maximum atomic E-state index is 11.4. The number of primary amides is 1. The van der Waals surface area contributed by atoms with Crippen LogP contribution >= 0.6 is 27.7 Å². The molecule has 0 saturated carbocycles. The first kappa shape index (κ1) is 13.0. The van der Waals surface area contributed by atoms with Crippen molar-refractivity contribution < 1.29 is 4.79 Å². The van der Waals surface area contributed by atoms with E-state index in [0.29, 0.717) is 11.3 Å². The molecule has 0 fully saturated rings. The Kier molecular flexibility index (Phi) is 3.93. The van der Waals surface area contributed by atoms with Gasteiger partial charge in [-0.15, -0.1) is 0 Å². The summed E-state index contributed by atoms with van der Waals surface area (Å²) >= 11 is 4.94. The molecule has 2 rings (SSSR count). The average Bonchev–Trinajstić information content (AvgIpc) is 2.34. The van der Waals surface area contributed by atoms with Gasteiger partial charge in [-0.25, -0.2) is 0 Å². The summed E-state index contributed by atoms with van der Waals surface area (Å²) in [5, 5.41) is 0. The maximum absolute atomic E-state index is 11.4. The van der Waals surface area contributed by atoms with Gasteiger partial charge in [0.05, 0.1) is 5.56 Å². The summed E-state index contributed by atoms with van der Waals surface area (Å²) < 4.78 is 0.974. The van der Waals surface area contributed by atoms with E-state index in [9.17, 15) is 4.79 Å². The molecule has 0 bridgehead atoms. The number of nitrogens with two attached hydrogens (primary N) is 2. The second-order valence-electron chi connectivity index (χ2n) is 3.65. The molecule has 5 heteroatoms. The second-order valence-corrected chi connectivity index (χ2v) is 5.59. The Bertz CT molecular complexity index is 601.